The number of rotatable bonds is 4. The largest absolute Gasteiger partial charge is 0.347 e. The number of likely N-dealkylation sites (N-methyl/N-ethyl adjacent to an activating group) is 1. The Balaban J connectivity index is 1.74. The fourth-order valence-electron chi connectivity index (χ4n) is 3.09. The van der Waals surface area contributed by atoms with E-state index in [1.165, 1.54) is 4.90 Å². The molecule has 132 valence electrons. The molecular weight excluding hydrogens is 340 g/mol. The smallest absolute Gasteiger partial charge is 0.257 e. The van der Waals surface area contributed by atoms with E-state index in [1.54, 1.807) is 36.1 Å². The minimum atomic E-state index is -0.380. The fraction of sp³-hybridized carbons (Fsp3) is 0.389. The minimum Gasteiger partial charge on any atom is -0.347 e. The van der Waals surface area contributed by atoms with Crippen molar-refractivity contribution in [3.05, 3.63) is 52.8 Å². The van der Waals surface area contributed by atoms with Crippen LogP contribution in [0, 0.1) is 0 Å². The predicted molar refractivity (Wildman–Crippen MR) is 95.5 cm³/mol. The highest BCUT2D eigenvalue weighted by Gasteiger charge is 2.35. The first kappa shape index (κ1) is 17.5. The summed E-state index contributed by atoms with van der Waals surface area (Å²) in [5, 5.41) is 4.93. The van der Waals surface area contributed by atoms with E-state index < -0.39 is 0 Å². The third-order valence-corrected chi connectivity index (χ3v) is 4.78. The zero-order valence-electron chi connectivity index (χ0n) is 14.4. The van der Waals surface area contributed by atoms with Crippen LogP contribution in [0.1, 0.15) is 28.8 Å². The predicted octanol–water partition coefficient (Wildman–Crippen LogP) is 2.28. The quantitative estimate of drug-likeness (QED) is 0.840. The molecule has 0 bridgehead atoms. The highest BCUT2D eigenvalue weighted by Crippen LogP contribution is 2.22. The molecule has 0 saturated carbocycles. The summed E-state index contributed by atoms with van der Waals surface area (Å²) in [7, 11) is 3.43. The average molecular weight is 361 g/mol. The van der Waals surface area contributed by atoms with E-state index in [2.05, 4.69) is 5.10 Å². The van der Waals surface area contributed by atoms with Gasteiger partial charge in [-0.3, -0.25) is 14.3 Å². The Labute approximate surface area is 152 Å². The molecule has 3 rings (SSSR count). The van der Waals surface area contributed by atoms with E-state index in [0.29, 0.717) is 30.1 Å². The Kier molecular flexibility index (Phi) is 5.08. The molecule has 0 radical (unpaired) electrons. The summed E-state index contributed by atoms with van der Waals surface area (Å²) in [5.74, 6) is -0.183. The highest BCUT2D eigenvalue weighted by atomic mass is 35.5. The van der Waals surface area contributed by atoms with E-state index in [9.17, 15) is 9.59 Å². The van der Waals surface area contributed by atoms with E-state index in [1.807, 2.05) is 24.3 Å². The molecule has 1 fully saturated rings. The third kappa shape index (κ3) is 3.69. The van der Waals surface area contributed by atoms with Gasteiger partial charge in [-0.2, -0.15) is 5.10 Å². The highest BCUT2D eigenvalue weighted by molar-refractivity contribution is 6.31. The van der Waals surface area contributed by atoms with Gasteiger partial charge in [-0.25, -0.2) is 0 Å². The maximum atomic E-state index is 12.8. The monoisotopic (exact) mass is 360 g/mol. The maximum absolute atomic E-state index is 12.8. The molecule has 2 heterocycles. The van der Waals surface area contributed by atoms with Crippen molar-refractivity contribution >= 4 is 23.4 Å². The molecule has 1 saturated heterocycles. The Hall–Kier alpha value is -2.34. The lowest BCUT2D eigenvalue weighted by atomic mass is 10.2. The van der Waals surface area contributed by atoms with E-state index >= 15 is 0 Å². The molecule has 0 spiro atoms. The van der Waals surface area contributed by atoms with Crippen LogP contribution in [0.2, 0.25) is 5.02 Å². The Morgan fingerprint density at radius 2 is 2.08 bits per heavy atom. The van der Waals surface area contributed by atoms with Crippen molar-refractivity contribution < 1.29 is 9.59 Å². The van der Waals surface area contributed by atoms with E-state index in [0.717, 1.165) is 12.0 Å². The molecule has 25 heavy (non-hydrogen) atoms. The summed E-state index contributed by atoms with van der Waals surface area (Å²) in [6.07, 6.45) is 4.80. The normalized spacial score (nSPS) is 16.9. The second-order valence-corrected chi connectivity index (χ2v) is 6.81. The molecule has 1 aromatic heterocycles. The van der Waals surface area contributed by atoms with Gasteiger partial charge in [0.05, 0.1) is 18.3 Å². The molecule has 1 atom stereocenters. The standard InChI is InChI=1S/C18H21ClN4O2/c1-21(2)18(25)16-8-5-9-23(16)17(24)14-10-20-22(12-14)11-13-6-3-4-7-15(13)19/h3-4,6-7,10,12,16H,5,8-9,11H2,1-2H3. The number of amides is 2. The van der Waals surface area contributed by atoms with Gasteiger partial charge in [0.1, 0.15) is 6.04 Å². The first-order valence-corrected chi connectivity index (χ1v) is 8.63. The van der Waals surface area contributed by atoms with Gasteiger partial charge in [-0.05, 0) is 24.5 Å². The molecule has 6 nitrogen and oxygen atoms in total. The number of nitrogens with zero attached hydrogens (tertiary/aromatic N) is 4. The van der Waals surface area contributed by atoms with Crippen LogP contribution < -0.4 is 0 Å². The van der Waals surface area contributed by atoms with Crippen LogP contribution >= 0.6 is 11.6 Å². The summed E-state index contributed by atoms with van der Waals surface area (Å²) in [5.41, 5.74) is 1.43. The van der Waals surface area contributed by atoms with Crippen LogP contribution in [0.25, 0.3) is 0 Å². The van der Waals surface area contributed by atoms with Gasteiger partial charge in [-0.1, -0.05) is 29.8 Å². The van der Waals surface area contributed by atoms with Crippen molar-refractivity contribution in [1.82, 2.24) is 19.6 Å². The van der Waals surface area contributed by atoms with Crippen LogP contribution in [-0.2, 0) is 11.3 Å². The van der Waals surface area contributed by atoms with Gasteiger partial charge >= 0.3 is 0 Å². The van der Waals surface area contributed by atoms with Crippen molar-refractivity contribution in [3.63, 3.8) is 0 Å². The zero-order chi connectivity index (χ0) is 18.0. The van der Waals surface area contributed by atoms with E-state index in [4.69, 9.17) is 11.6 Å². The SMILES string of the molecule is CN(C)C(=O)C1CCCN1C(=O)c1cnn(Cc2ccccc2Cl)c1. The lowest BCUT2D eigenvalue weighted by molar-refractivity contribution is -0.132. The number of likely N-dealkylation sites (tertiary alicyclic amines) is 1. The molecule has 1 aliphatic rings. The summed E-state index contributed by atoms with van der Waals surface area (Å²) < 4.78 is 1.69. The molecule has 1 aromatic carbocycles. The minimum absolute atomic E-state index is 0.0330. The Bertz CT molecular complexity index is 787. The van der Waals surface area contributed by atoms with Crippen molar-refractivity contribution in [1.29, 1.82) is 0 Å². The number of halogens is 1. The van der Waals surface area contributed by atoms with Gasteiger partial charge in [-0.15, -0.1) is 0 Å². The van der Waals surface area contributed by atoms with Crippen LogP contribution in [0.5, 0.6) is 0 Å². The summed E-state index contributed by atoms with van der Waals surface area (Å²) in [4.78, 5) is 28.3. The van der Waals surface area contributed by atoms with Gasteiger partial charge < -0.3 is 9.80 Å². The first-order chi connectivity index (χ1) is 12.0. The van der Waals surface area contributed by atoms with Gasteiger partial charge in [0, 0.05) is 31.9 Å². The summed E-state index contributed by atoms with van der Waals surface area (Å²) >= 11 is 6.17. The zero-order valence-corrected chi connectivity index (χ0v) is 15.1. The lowest BCUT2D eigenvalue weighted by Gasteiger charge is -2.25. The third-order valence-electron chi connectivity index (χ3n) is 4.41. The molecule has 0 aliphatic carbocycles. The maximum Gasteiger partial charge on any atom is 0.257 e. The van der Waals surface area contributed by atoms with Crippen LogP contribution in [0.3, 0.4) is 0 Å². The molecule has 2 aromatic rings. The van der Waals surface area contributed by atoms with Crippen LogP contribution in [0.4, 0.5) is 0 Å². The van der Waals surface area contributed by atoms with Crippen molar-refractivity contribution in [2.45, 2.75) is 25.4 Å². The summed E-state index contributed by atoms with van der Waals surface area (Å²) in [6, 6.07) is 7.16. The fourth-order valence-corrected chi connectivity index (χ4v) is 3.29. The number of hydrogen-bond donors (Lipinski definition) is 0. The lowest BCUT2D eigenvalue weighted by Crippen LogP contribution is -2.45. The average Bonchev–Trinajstić information content (AvgIpc) is 3.25. The molecule has 1 aliphatic heterocycles. The second-order valence-electron chi connectivity index (χ2n) is 6.41. The van der Waals surface area contributed by atoms with Crippen molar-refractivity contribution in [2.75, 3.05) is 20.6 Å². The molecule has 0 N–H and O–H groups in total. The van der Waals surface area contributed by atoms with Gasteiger partial charge in [0.2, 0.25) is 5.91 Å². The molecule has 1 unspecified atom stereocenters. The number of benzene rings is 1. The molecular formula is C18H21ClN4O2. The van der Waals surface area contributed by atoms with Gasteiger partial charge in [0.25, 0.3) is 5.91 Å². The number of carbonyl (C=O) groups is 2. The summed E-state index contributed by atoms with van der Waals surface area (Å²) in [6.45, 7) is 1.09. The topological polar surface area (TPSA) is 58.4 Å². The van der Waals surface area contributed by atoms with E-state index in [-0.39, 0.29) is 17.9 Å². The number of hydrogen-bond acceptors (Lipinski definition) is 3. The van der Waals surface area contributed by atoms with Crippen molar-refractivity contribution in [3.8, 4) is 0 Å². The van der Waals surface area contributed by atoms with Crippen molar-refractivity contribution in [2.24, 2.45) is 0 Å². The van der Waals surface area contributed by atoms with Gasteiger partial charge in [0.15, 0.2) is 0 Å². The second kappa shape index (κ2) is 7.27. The van der Waals surface area contributed by atoms with Crippen LogP contribution in [0.15, 0.2) is 36.7 Å². The number of aromatic nitrogens is 2. The Morgan fingerprint density at radius 3 is 2.80 bits per heavy atom. The Morgan fingerprint density at radius 1 is 1.32 bits per heavy atom. The van der Waals surface area contributed by atoms with Crippen LogP contribution in [-0.4, -0.2) is 58.1 Å². The molecule has 2 amide bonds. The first-order valence-electron chi connectivity index (χ1n) is 8.25. The molecule has 7 heteroatoms. The number of carbonyl (C=O) groups excluding carboxylic acids is 2.